The average Bonchev–Trinajstić information content (AvgIpc) is 2.29. The smallest absolute Gasteiger partial charge is 0.0717 e. The Morgan fingerprint density at radius 1 is 1.27 bits per heavy atom. The van der Waals surface area contributed by atoms with E-state index in [2.05, 4.69) is 50.1 Å². The van der Waals surface area contributed by atoms with Gasteiger partial charge in [-0.15, -0.1) is 0 Å². The van der Waals surface area contributed by atoms with E-state index >= 15 is 0 Å². The molecular formula is C12H14Br2O. The largest absolute Gasteiger partial charge is 0.376 e. The molecule has 0 atom stereocenters. The zero-order chi connectivity index (χ0) is 10.9. The summed E-state index contributed by atoms with van der Waals surface area (Å²) >= 11 is 6.80. The number of halogens is 2. The first kappa shape index (κ1) is 12.9. The van der Waals surface area contributed by atoms with E-state index in [-0.39, 0.29) is 0 Å². The van der Waals surface area contributed by atoms with Crippen molar-refractivity contribution < 1.29 is 4.74 Å². The number of alkyl halides is 1. The van der Waals surface area contributed by atoms with E-state index in [1.54, 1.807) is 0 Å². The molecule has 1 aromatic rings. The fourth-order valence-electron chi connectivity index (χ4n) is 1.12. The van der Waals surface area contributed by atoms with Crippen molar-refractivity contribution in [1.29, 1.82) is 0 Å². The van der Waals surface area contributed by atoms with Gasteiger partial charge in [-0.3, -0.25) is 0 Å². The van der Waals surface area contributed by atoms with Crippen LogP contribution in [0, 0.1) is 0 Å². The highest BCUT2D eigenvalue weighted by Gasteiger charge is 1.91. The molecule has 0 fully saturated rings. The van der Waals surface area contributed by atoms with E-state index < -0.39 is 0 Å². The second-order valence-corrected chi connectivity index (χ2v) is 4.69. The topological polar surface area (TPSA) is 9.23 Å². The van der Waals surface area contributed by atoms with Crippen molar-refractivity contribution in [3.63, 3.8) is 0 Å². The monoisotopic (exact) mass is 332 g/mol. The molecule has 1 rings (SSSR count). The minimum absolute atomic E-state index is 0.695. The molecule has 0 amide bonds. The van der Waals surface area contributed by atoms with Crippen LogP contribution in [0.2, 0.25) is 0 Å². The molecule has 0 aliphatic carbocycles. The third kappa shape index (κ3) is 6.13. The maximum Gasteiger partial charge on any atom is 0.0717 e. The number of hydrogen-bond donors (Lipinski definition) is 0. The van der Waals surface area contributed by atoms with E-state index in [9.17, 15) is 0 Å². The summed E-state index contributed by atoms with van der Waals surface area (Å²) in [7, 11) is 0. The van der Waals surface area contributed by atoms with Gasteiger partial charge in [-0.2, -0.15) is 0 Å². The zero-order valence-corrected chi connectivity index (χ0v) is 11.6. The highest BCUT2D eigenvalue weighted by molar-refractivity contribution is 9.13. The summed E-state index contributed by atoms with van der Waals surface area (Å²) in [5.74, 6) is 0. The normalized spacial score (nSPS) is 11.7. The Hall–Kier alpha value is -0.120. The Morgan fingerprint density at radius 2 is 2.00 bits per heavy atom. The minimum Gasteiger partial charge on any atom is -0.376 e. The number of hydrogen-bond acceptors (Lipinski definition) is 1. The SMILES string of the molecule is BrC/C(Br)=C/CCOCc1ccccc1. The van der Waals surface area contributed by atoms with Crippen LogP contribution < -0.4 is 0 Å². The first-order valence-electron chi connectivity index (χ1n) is 4.85. The molecule has 0 heterocycles. The quantitative estimate of drug-likeness (QED) is 0.558. The molecule has 0 aliphatic heterocycles. The molecule has 0 spiro atoms. The van der Waals surface area contributed by atoms with Gasteiger partial charge in [0.15, 0.2) is 0 Å². The Bertz CT molecular complexity index is 296. The predicted molar refractivity (Wildman–Crippen MR) is 71.5 cm³/mol. The van der Waals surface area contributed by atoms with Crippen molar-refractivity contribution in [2.45, 2.75) is 13.0 Å². The molecule has 0 unspecified atom stereocenters. The second-order valence-electron chi connectivity index (χ2n) is 3.11. The van der Waals surface area contributed by atoms with Gasteiger partial charge in [-0.1, -0.05) is 68.3 Å². The van der Waals surface area contributed by atoms with E-state index in [0.717, 1.165) is 18.4 Å². The standard InChI is InChI=1S/C12H14Br2O/c13-9-12(14)7-4-8-15-10-11-5-2-1-3-6-11/h1-3,5-7H,4,8-10H2/b12-7-. The van der Waals surface area contributed by atoms with E-state index in [1.165, 1.54) is 10.0 Å². The van der Waals surface area contributed by atoms with Gasteiger partial charge in [0.1, 0.15) is 0 Å². The van der Waals surface area contributed by atoms with Crippen molar-refractivity contribution in [2.75, 3.05) is 11.9 Å². The maximum absolute atomic E-state index is 5.53. The fourth-order valence-corrected chi connectivity index (χ4v) is 1.58. The van der Waals surface area contributed by atoms with Gasteiger partial charge in [0.05, 0.1) is 13.2 Å². The van der Waals surface area contributed by atoms with Crippen molar-refractivity contribution in [3.8, 4) is 0 Å². The molecule has 3 heteroatoms. The molecule has 0 saturated carbocycles. The van der Waals surface area contributed by atoms with Crippen LogP contribution in [0.5, 0.6) is 0 Å². The van der Waals surface area contributed by atoms with Crippen LogP contribution in [0.3, 0.4) is 0 Å². The lowest BCUT2D eigenvalue weighted by Crippen LogP contribution is -1.94. The minimum atomic E-state index is 0.695. The number of allylic oxidation sites excluding steroid dienone is 1. The van der Waals surface area contributed by atoms with Gasteiger partial charge in [0, 0.05) is 9.81 Å². The zero-order valence-electron chi connectivity index (χ0n) is 8.46. The number of ether oxygens (including phenoxy) is 1. The fraction of sp³-hybridized carbons (Fsp3) is 0.333. The van der Waals surface area contributed by atoms with Crippen LogP contribution in [0.15, 0.2) is 40.9 Å². The Labute approximate surface area is 108 Å². The maximum atomic E-state index is 5.53. The van der Waals surface area contributed by atoms with Gasteiger partial charge < -0.3 is 4.74 Å². The first-order chi connectivity index (χ1) is 7.33. The molecule has 0 N–H and O–H groups in total. The first-order valence-corrected chi connectivity index (χ1v) is 6.76. The highest BCUT2D eigenvalue weighted by atomic mass is 79.9. The van der Waals surface area contributed by atoms with Crippen molar-refractivity contribution in [1.82, 2.24) is 0 Å². The van der Waals surface area contributed by atoms with Crippen LogP contribution in [0.25, 0.3) is 0 Å². The molecule has 1 aromatic carbocycles. The second kappa shape index (κ2) is 8.08. The Balaban J connectivity index is 2.13. The van der Waals surface area contributed by atoms with Crippen LogP contribution in [-0.4, -0.2) is 11.9 Å². The lowest BCUT2D eigenvalue weighted by Gasteiger charge is -2.02. The van der Waals surface area contributed by atoms with Crippen molar-refractivity contribution in [2.24, 2.45) is 0 Å². The number of benzene rings is 1. The predicted octanol–water partition coefficient (Wildman–Crippen LogP) is 4.27. The summed E-state index contributed by atoms with van der Waals surface area (Å²) in [6, 6.07) is 10.2. The summed E-state index contributed by atoms with van der Waals surface area (Å²) in [6.45, 7) is 1.46. The van der Waals surface area contributed by atoms with Gasteiger partial charge in [0.2, 0.25) is 0 Å². The lowest BCUT2D eigenvalue weighted by molar-refractivity contribution is 0.125. The van der Waals surface area contributed by atoms with Gasteiger partial charge in [-0.05, 0) is 12.0 Å². The lowest BCUT2D eigenvalue weighted by atomic mass is 10.2. The molecule has 0 radical (unpaired) electrons. The van der Waals surface area contributed by atoms with Gasteiger partial charge in [-0.25, -0.2) is 0 Å². The third-order valence-electron chi connectivity index (χ3n) is 1.87. The molecule has 82 valence electrons. The highest BCUT2D eigenvalue weighted by Crippen LogP contribution is 2.09. The summed E-state index contributed by atoms with van der Waals surface area (Å²) in [4.78, 5) is 0. The van der Waals surface area contributed by atoms with Crippen LogP contribution in [0.4, 0.5) is 0 Å². The summed E-state index contributed by atoms with van der Waals surface area (Å²) in [5, 5.41) is 0.867. The van der Waals surface area contributed by atoms with Crippen LogP contribution in [0.1, 0.15) is 12.0 Å². The van der Waals surface area contributed by atoms with E-state index in [0.29, 0.717) is 6.61 Å². The van der Waals surface area contributed by atoms with Crippen molar-refractivity contribution >= 4 is 31.9 Å². The van der Waals surface area contributed by atoms with Crippen molar-refractivity contribution in [3.05, 3.63) is 46.5 Å². The summed E-state index contributed by atoms with van der Waals surface area (Å²) in [6.07, 6.45) is 3.07. The molecular weight excluding hydrogens is 320 g/mol. The third-order valence-corrected chi connectivity index (χ3v) is 3.83. The molecule has 1 nitrogen and oxygen atoms in total. The molecule has 0 aliphatic rings. The van der Waals surface area contributed by atoms with E-state index in [4.69, 9.17) is 4.74 Å². The van der Waals surface area contributed by atoms with Crippen LogP contribution >= 0.6 is 31.9 Å². The molecule has 0 bridgehead atoms. The summed E-state index contributed by atoms with van der Waals surface area (Å²) in [5.41, 5.74) is 1.22. The van der Waals surface area contributed by atoms with Crippen LogP contribution in [-0.2, 0) is 11.3 Å². The summed E-state index contributed by atoms with van der Waals surface area (Å²) < 4.78 is 6.71. The van der Waals surface area contributed by atoms with Gasteiger partial charge >= 0.3 is 0 Å². The Kier molecular flexibility index (Phi) is 6.98. The van der Waals surface area contributed by atoms with Gasteiger partial charge in [0.25, 0.3) is 0 Å². The van der Waals surface area contributed by atoms with E-state index in [1.807, 2.05) is 18.2 Å². The average molecular weight is 334 g/mol. The molecule has 0 saturated heterocycles. The Morgan fingerprint density at radius 3 is 2.67 bits per heavy atom. The molecule has 0 aromatic heterocycles. The number of rotatable bonds is 6. The molecule has 15 heavy (non-hydrogen) atoms.